The highest BCUT2D eigenvalue weighted by Crippen LogP contribution is 2.32. The molecule has 2 aliphatic rings. The highest BCUT2D eigenvalue weighted by atomic mass is 16.1. The highest BCUT2D eigenvalue weighted by Gasteiger charge is 2.30. The highest BCUT2D eigenvalue weighted by molar-refractivity contribution is 5.79. The second kappa shape index (κ2) is 10.7. The van der Waals surface area contributed by atoms with Crippen molar-refractivity contribution in [1.82, 2.24) is 15.2 Å². The first-order chi connectivity index (χ1) is 14.8. The van der Waals surface area contributed by atoms with Crippen LogP contribution in [-0.2, 0) is 11.2 Å². The summed E-state index contributed by atoms with van der Waals surface area (Å²) in [6.45, 7) is 3.54. The molecule has 4 heteroatoms. The van der Waals surface area contributed by atoms with Crippen LogP contribution in [0.25, 0.3) is 0 Å². The van der Waals surface area contributed by atoms with E-state index in [1.54, 1.807) is 0 Å². The number of likely N-dealkylation sites (tertiary alicyclic amines) is 1. The van der Waals surface area contributed by atoms with Crippen LogP contribution in [0.2, 0.25) is 0 Å². The Morgan fingerprint density at radius 3 is 2.40 bits per heavy atom. The fourth-order valence-corrected chi connectivity index (χ4v) is 5.20. The number of benzene rings is 1. The van der Waals surface area contributed by atoms with Gasteiger partial charge in [-0.1, -0.05) is 55.7 Å². The number of nitrogens with zero attached hydrogens (tertiary/aromatic N) is 2. The van der Waals surface area contributed by atoms with Gasteiger partial charge in [0, 0.05) is 12.7 Å². The normalized spacial score (nSPS) is 20.0. The van der Waals surface area contributed by atoms with Crippen molar-refractivity contribution in [2.45, 2.75) is 57.4 Å². The second-order valence-electron chi connectivity index (χ2n) is 9.10. The maximum atomic E-state index is 12.8. The van der Waals surface area contributed by atoms with E-state index < -0.39 is 0 Å². The van der Waals surface area contributed by atoms with Crippen molar-refractivity contribution in [3.8, 4) is 0 Å². The van der Waals surface area contributed by atoms with Crippen LogP contribution in [0.3, 0.4) is 0 Å². The SMILES string of the molecule is O=C(Cc1ccccc1)N[C@H](c1ccccn1)C1CCN(CC2CCCCC2)CC1. The van der Waals surface area contributed by atoms with Gasteiger partial charge in [-0.2, -0.15) is 0 Å². The van der Waals surface area contributed by atoms with Crippen LogP contribution in [0, 0.1) is 11.8 Å². The number of carbonyl (C=O) groups is 1. The number of rotatable bonds is 7. The smallest absolute Gasteiger partial charge is 0.224 e. The Balaban J connectivity index is 1.36. The molecule has 1 atom stereocenters. The molecular weight excluding hydrogens is 370 g/mol. The monoisotopic (exact) mass is 405 g/mol. The van der Waals surface area contributed by atoms with Crippen LogP contribution >= 0.6 is 0 Å². The number of amides is 1. The van der Waals surface area contributed by atoms with E-state index in [0.717, 1.165) is 43.1 Å². The predicted octanol–water partition coefficient (Wildman–Crippen LogP) is 4.77. The van der Waals surface area contributed by atoms with Crippen LogP contribution in [0.1, 0.15) is 62.2 Å². The zero-order valence-corrected chi connectivity index (χ0v) is 18.0. The Bertz CT molecular complexity index is 765. The lowest BCUT2D eigenvalue weighted by atomic mass is 9.85. The van der Waals surface area contributed by atoms with E-state index in [-0.39, 0.29) is 11.9 Å². The molecule has 1 N–H and O–H groups in total. The first-order valence-electron chi connectivity index (χ1n) is 11.7. The molecule has 160 valence electrons. The minimum Gasteiger partial charge on any atom is -0.347 e. The van der Waals surface area contributed by atoms with Gasteiger partial charge in [0.25, 0.3) is 0 Å². The van der Waals surface area contributed by atoms with Crippen LogP contribution in [0.5, 0.6) is 0 Å². The van der Waals surface area contributed by atoms with Crippen molar-refractivity contribution in [3.05, 3.63) is 66.0 Å². The quantitative estimate of drug-likeness (QED) is 0.721. The van der Waals surface area contributed by atoms with E-state index in [2.05, 4.69) is 21.3 Å². The Hall–Kier alpha value is -2.20. The zero-order chi connectivity index (χ0) is 20.6. The van der Waals surface area contributed by atoms with Gasteiger partial charge in [-0.25, -0.2) is 0 Å². The Morgan fingerprint density at radius 2 is 1.70 bits per heavy atom. The standard InChI is InChI=1S/C26H35N3O/c30-25(19-21-9-3-1-4-10-21)28-26(24-13-7-8-16-27-24)23-14-17-29(18-15-23)20-22-11-5-2-6-12-22/h1,3-4,7-10,13,16,22-23,26H,2,5-6,11-12,14-15,17-20H2,(H,28,30)/t26-/m0/s1. The molecule has 1 saturated heterocycles. The third-order valence-corrected chi connectivity index (χ3v) is 6.88. The number of hydrogen-bond acceptors (Lipinski definition) is 3. The van der Waals surface area contributed by atoms with Gasteiger partial charge in [-0.15, -0.1) is 0 Å². The first-order valence-corrected chi connectivity index (χ1v) is 11.7. The summed E-state index contributed by atoms with van der Waals surface area (Å²) in [6.07, 6.45) is 11.6. The summed E-state index contributed by atoms with van der Waals surface area (Å²) < 4.78 is 0. The summed E-state index contributed by atoms with van der Waals surface area (Å²) in [6, 6.07) is 16.0. The maximum Gasteiger partial charge on any atom is 0.224 e. The zero-order valence-electron chi connectivity index (χ0n) is 18.0. The molecule has 0 bridgehead atoms. The van der Waals surface area contributed by atoms with Gasteiger partial charge in [0.15, 0.2) is 0 Å². The van der Waals surface area contributed by atoms with E-state index in [1.807, 2.05) is 48.7 Å². The van der Waals surface area contributed by atoms with Gasteiger partial charge >= 0.3 is 0 Å². The third kappa shape index (κ3) is 5.91. The minimum atomic E-state index is -0.000701. The average Bonchev–Trinajstić information content (AvgIpc) is 2.80. The predicted molar refractivity (Wildman–Crippen MR) is 121 cm³/mol. The van der Waals surface area contributed by atoms with Gasteiger partial charge in [0.2, 0.25) is 5.91 Å². The van der Waals surface area contributed by atoms with E-state index in [1.165, 1.54) is 38.6 Å². The van der Waals surface area contributed by atoms with Gasteiger partial charge in [-0.3, -0.25) is 9.78 Å². The molecule has 0 spiro atoms. The van der Waals surface area contributed by atoms with Crippen LogP contribution < -0.4 is 5.32 Å². The van der Waals surface area contributed by atoms with Crippen molar-refractivity contribution in [2.24, 2.45) is 11.8 Å². The topological polar surface area (TPSA) is 45.2 Å². The molecular formula is C26H35N3O. The molecule has 0 radical (unpaired) electrons. The summed E-state index contributed by atoms with van der Waals surface area (Å²) in [4.78, 5) is 20.1. The molecule has 30 heavy (non-hydrogen) atoms. The van der Waals surface area contributed by atoms with Gasteiger partial charge in [0.1, 0.15) is 0 Å². The number of aromatic nitrogens is 1. The van der Waals surface area contributed by atoms with Gasteiger partial charge in [-0.05, 0) is 68.3 Å². The minimum absolute atomic E-state index is 0.000701. The van der Waals surface area contributed by atoms with Crippen molar-refractivity contribution in [1.29, 1.82) is 0 Å². The number of hydrogen-bond donors (Lipinski definition) is 1. The molecule has 2 aromatic rings. The van der Waals surface area contributed by atoms with E-state index >= 15 is 0 Å². The van der Waals surface area contributed by atoms with Gasteiger partial charge in [0.05, 0.1) is 18.2 Å². The van der Waals surface area contributed by atoms with E-state index in [0.29, 0.717) is 12.3 Å². The lowest BCUT2D eigenvalue weighted by molar-refractivity contribution is -0.121. The lowest BCUT2D eigenvalue weighted by Gasteiger charge is -2.38. The largest absolute Gasteiger partial charge is 0.347 e. The molecule has 2 heterocycles. The summed E-state index contributed by atoms with van der Waals surface area (Å²) in [7, 11) is 0. The van der Waals surface area contributed by atoms with Crippen LogP contribution in [0.4, 0.5) is 0 Å². The first kappa shape index (κ1) is 21.0. The molecule has 1 aliphatic carbocycles. The Morgan fingerprint density at radius 1 is 0.967 bits per heavy atom. The molecule has 1 aliphatic heterocycles. The molecule has 1 aromatic heterocycles. The van der Waals surface area contributed by atoms with Crippen LogP contribution in [-0.4, -0.2) is 35.4 Å². The number of carbonyl (C=O) groups excluding carboxylic acids is 1. The molecule has 1 amide bonds. The van der Waals surface area contributed by atoms with Crippen molar-refractivity contribution in [3.63, 3.8) is 0 Å². The van der Waals surface area contributed by atoms with E-state index in [9.17, 15) is 4.79 Å². The fraction of sp³-hybridized carbons (Fsp3) is 0.538. The fourth-order valence-electron chi connectivity index (χ4n) is 5.20. The lowest BCUT2D eigenvalue weighted by Crippen LogP contribution is -2.42. The Kier molecular flexibility index (Phi) is 7.52. The van der Waals surface area contributed by atoms with Crippen molar-refractivity contribution >= 4 is 5.91 Å². The maximum absolute atomic E-state index is 12.8. The molecule has 1 saturated carbocycles. The second-order valence-corrected chi connectivity index (χ2v) is 9.10. The third-order valence-electron chi connectivity index (χ3n) is 6.88. The van der Waals surface area contributed by atoms with Gasteiger partial charge < -0.3 is 10.2 Å². The van der Waals surface area contributed by atoms with Crippen molar-refractivity contribution in [2.75, 3.05) is 19.6 Å². The average molecular weight is 406 g/mol. The number of pyridine rings is 1. The summed E-state index contributed by atoms with van der Waals surface area (Å²) in [5.41, 5.74) is 2.04. The van der Waals surface area contributed by atoms with Crippen molar-refractivity contribution < 1.29 is 4.79 Å². The Labute approximate surface area is 181 Å². The molecule has 4 nitrogen and oxygen atoms in total. The summed E-state index contributed by atoms with van der Waals surface area (Å²) in [5.74, 6) is 1.43. The van der Waals surface area contributed by atoms with E-state index in [4.69, 9.17) is 0 Å². The number of nitrogens with one attached hydrogen (secondary N) is 1. The molecule has 4 rings (SSSR count). The van der Waals surface area contributed by atoms with Crippen LogP contribution in [0.15, 0.2) is 54.7 Å². The number of piperidine rings is 1. The molecule has 2 fully saturated rings. The summed E-state index contributed by atoms with van der Waals surface area (Å²) in [5, 5.41) is 3.33. The molecule has 0 unspecified atom stereocenters. The molecule has 1 aromatic carbocycles. The summed E-state index contributed by atoms with van der Waals surface area (Å²) >= 11 is 0.